The number of hydrogen-bond donors (Lipinski definition) is 1. The van der Waals surface area contributed by atoms with Gasteiger partial charge in [0.25, 0.3) is 0 Å². The number of aryl methyl sites for hydroxylation is 1. The number of aromatic nitrogens is 1. The first-order chi connectivity index (χ1) is 5.25. The number of nitrogens with two attached hydrogens (primary N) is 1. The molecule has 2 N–H and O–H groups in total. The molecule has 11 heavy (non-hydrogen) atoms. The molecule has 0 bridgehead atoms. The summed E-state index contributed by atoms with van der Waals surface area (Å²) in [6.07, 6.45) is 3.14. The van der Waals surface area contributed by atoms with Crippen molar-refractivity contribution >= 4 is 0 Å². The third-order valence-electron chi connectivity index (χ3n) is 2.09. The highest BCUT2D eigenvalue weighted by molar-refractivity contribution is 5.11. The van der Waals surface area contributed by atoms with Crippen LogP contribution in [0.15, 0.2) is 18.3 Å². The van der Waals surface area contributed by atoms with E-state index in [2.05, 4.69) is 36.9 Å². The lowest BCUT2D eigenvalue weighted by atomic mass is 10.0. The van der Waals surface area contributed by atoms with Crippen LogP contribution < -0.4 is 5.73 Å². The topological polar surface area (TPSA) is 30.9 Å². The molecule has 0 saturated heterocycles. The van der Waals surface area contributed by atoms with E-state index in [1.54, 1.807) is 0 Å². The summed E-state index contributed by atoms with van der Waals surface area (Å²) >= 11 is 0. The van der Waals surface area contributed by atoms with E-state index in [4.69, 9.17) is 5.73 Å². The molecule has 1 rings (SSSR count). The van der Waals surface area contributed by atoms with Crippen molar-refractivity contribution in [1.29, 1.82) is 0 Å². The van der Waals surface area contributed by atoms with Crippen LogP contribution in [0.5, 0.6) is 0 Å². The van der Waals surface area contributed by atoms with E-state index in [0.717, 1.165) is 13.0 Å². The van der Waals surface area contributed by atoms with E-state index in [9.17, 15) is 0 Å². The van der Waals surface area contributed by atoms with E-state index in [-0.39, 0.29) is 0 Å². The third kappa shape index (κ3) is 1.84. The van der Waals surface area contributed by atoms with Crippen molar-refractivity contribution in [2.75, 3.05) is 6.54 Å². The molecule has 0 aliphatic rings. The highest BCUT2D eigenvalue weighted by Gasteiger charge is 2.05. The number of hydrogen-bond acceptors (Lipinski definition) is 1. The normalized spacial score (nSPS) is 13.4. The molecule has 1 aromatic heterocycles. The van der Waals surface area contributed by atoms with E-state index in [0.29, 0.717) is 5.92 Å². The Hall–Kier alpha value is -0.760. The molecule has 1 heterocycles. The molecule has 0 aliphatic heterocycles. The van der Waals surface area contributed by atoms with E-state index in [1.807, 2.05) is 0 Å². The molecule has 0 radical (unpaired) electrons. The molecule has 1 unspecified atom stereocenters. The zero-order valence-corrected chi connectivity index (χ0v) is 7.25. The quantitative estimate of drug-likeness (QED) is 0.698. The van der Waals surface area contributed by atoms with Crippen LogP contribution in [0.4, 0.5) is 0 Å². The molecule has 62 valence electrons. The van der Waals surface area contributed by atoms with Crippen LogP contribution in [0, 0.1) is 0 Å². The van der Waals surface area contributed by atoms with Gasteiger partial charge in [0.05, 0.1) is 0 Å². The van der Waals surface area contributed by atoms with Gasteiger partial charge < -0.3 is 10.3 Å². The van der Waals surface area contributed by atoms with Gasteiger partial charge in [-0.3, -0.25) is 0 Å². The lowest BCUT2D eigenvalue weighted by Gasteiger charge is -2.10. The van der Waals surface area contributed by atoms with E-state index >= 15 is 0 Å². The summed E-state index contributed by atoms with van der Waals surface area (Å²) in [4.78, 5) is 0. The fourth-order valence-corrected chi connectivity index (χ4v) is 1.38. The van der Waals surface area contributed by atoms with Crippen molar-refractivity contribution in [3.8, 4) is 0 Å². The zero-order valence-electron chi connectivity index (χ0n) is 7.25. The Morgan fingerprint density at radius 2 is 2.36 bits per heavy atom. The van der Waals surface area contributed by atoms with Crippen LogP contribution in [-0.4, -0.2) is 11.1 Å². The molecule has 0 aliphatic carbocycles. The Balaban J connectivity index is 2.67. The smallest absolute Gasteiger partial charge is 0.0200 e. The minimum atomic E-state index is 0.583. The van der Waals surface area contributed by atoms with Crippen molar-refractivity contribution in [1.82, 2.24) is 4.57 Å². The maximum absolute atomic E-state index is 5.48. The Labute approximate surface area is 68.0 Å². The SMILES string of the molecule is CC(CCN)c1cccn1C. The zero-order chi connectivity index (χ0) is 8.27. The van der Waals surface area contributed by atoms with Crippen molar-refractivity contribution < 1.29 is 0 Å². The first kappa shape index (κ1) is 8.34. The molecule has 0 spiro atoms. The summed E-state index contributed by atoms with van der Waals surface area (Å²) in [5.41, 5.74) is 6.85. The third-order valence-corrected chi connectivity index (χ3v) is 2.09. The summed E-state index contributed by atoms with van der Waals surface area (Å²) in [6, 6.07) is 4.22. The average Bonchev–Trinajstić information content (AvgIpc) is 2.36. The van der Waals surface area contributed by atoms with Crippen LogP contribution in [0.1, 0.15) is 25.0 Å². The fraction of sp³-hybridized carbons (Fsp3) is 0.556. The Kier molecular flexibility index (Phi) is 2.71. The first-order valence-electron chi connectivity index (χ1n) is 4.07. The van der Waals surface area contributed by atoms with E-state index in [1.165, 1.54) is 5.69 Å². The minimum absolute atomic E-state index is 0.583. The van der Waals surface area contributed by atoms with Gasteiger partial charge in [-0.1, -0.05) is 6.92 Å². The van der Waals surface area contributed by atoms with Crippen LogP contribution in [0.3, 0.4) is 0 Å². The van der Waals surface area contributed by atoms with Crippen molar-refractivity contribution in [2.24, 2.45) is 12.8 Å². The van der Waals surface area contributed by atoms with Gasteiger partial charge in [0.2, 0.25) is 0 Å². The number of rotatable bonds is 3. The lowest BCUT2D eigenvalue weighted by Crippen LogP contribution is -2.07. The highest BCUT2D eigenvalue weighted by atomic mass is 14.9. The van der Waals surface area contributed by atoms with Crippen LogP contribution in [0.25, 0.3) is 0 Å². The van der Waals surface area contributed by atoms with Gasteiger partial charge in [-0.05, 0) is 31.0 Å². The predicted octanol–water partition coefficient (Wildman–Crippen LogP) is 1.48. The van der Waals surface area contributed by atoms with Gasteiger partial charge in [-0.15, -0.1) is 0 Å². The van der Waals surface area contributed by atoms with Gasteiger partial charge in [0.1, 0.15) is 0 Å². The van der Waals surface area contributed by atoms with Crippen LogP contribution >= 0.6 is 0 Å². The lowest BCUT2D eigenvalue weighted by molar-refractivity contribution is 0.639. The van der Waals surface area contributed by atoms with Gasteiger partial charge in [0, 0.05) is 18.9 Å². The molecule has 1 aromatic rings. The predicted molar refractivity (Wildman–Crippen MR) is 47.5 cm³/mol. The molecule has 0 saturated carbocycles. The first-order valence-corrected chi connectivity index (χ1v) is 4.07. The van der Waals surface area contributed by atoms with Crippen molar-refractivity contribution in [3.05, 3.63) is 24.0 Å². The van der Waals surface area contributed by atoms with Crippen molar-refractivity contribution in [3.63, 3.8) is 0 Å². The summed E-state index contributed by atoms with van der Waals surface area (Å²) in [6.45, 7) is 2.98. The van der Waals surface area contributed by atoms with E-state index < -0.39 is 0 Å². The fourth-order valence-electron chi connectivity index (χ4n) is 1.38. The Morgan fingerprint density at radius 3 is 2.82 bits per heavy atom. The standard InChI is InChI=1S/C9H16N2/c1-8(5-6-10)9-4-3-7-11(9)2/h3-4,7-8H,5-6,10H2,1-2H3. The molecule has 2 nitrogen and oxygen atoms in total. The molecule has 0 aromatic carbocycles. The molecular formula is C9H16N2. The largest absolute Gasteiger partial charge is 0.354 e. The monoisotopic (exact) mass is 152 g/mol. The van der Waals surface area contributed by atoms with Crippen molar-refractivity contribution in [2.45, 2.75) is 19.3 Å². The summed E-state index contributed by atoms with van der Waals surface area (Å²) in [5.74, 6) is 0.583. The van der Waals surface area contributed by atoms with Gasteiger partial charge in [-0.25, -0.2) is 0 Å². The maximum Gasteiger partial charge on any atom is 0.0200 e. The molecule has 2 heteroatoms. The minimum Gasteiger partial charge on any atom is -0.354 e. The summed E-state index contributed by atoms with van der Waals surface area (Å²) in [7, 11) is 2.07. The second-order valence-corrected chi connectivity index (χ2v) is 3.02. The second kappa shape index (κ2) is 3.58. The Bertz CT molecular complexity index is 215. The summed E-state index contributed by atoms with van der Waals surface area (Å²) < 4.78 is 2.15. The molecule has 1 atom stereocenters. The Morgan fingerprint density at radius 1 is 1.64 bits per heavy atom. The molecular weight excluding hydrogens is 136 g/mol. The molecule has 0 fully saturated rings. The second-order valence-electron chi connectivity index (χ2n) is 3.02. The van der Waals surface area contributed by atoms with Gasteiger partial charge >= 0.3 is 0 Å². The maximum atomic E-state index is 5.48. The van der Waals surface area contributed by atoms with Crippen LogP contribution in [0.2, 0.25) is 0 Å². The van der Waals surface area contributed by atoms with Gasteiger partial charge in [-0.2, -0.15) is 0 Å². The summed E-state index contributed by atoms with van der Waals surface area (Å²) in [5, 5.41) is 0. The van der Waals surface area contributed by atoms with Gasteiger partial charge in [0.15, 0.2) is 0 Å². The number of nitrogens with zero attached hydrogens (tertiary/aromatic N) is 1. The van der Waals surface area contributed by atoms with Crippen LogP contribution in [-0.2, 0) is 7.05 Å². The molecule has 0 amide bonds. The highest BCUT2D eigenvalue weighted by Crippen LogP contribution is 2.17. The average molecular weight is 152 g/mol.